The number of sulfonamides is 1. The predicted molar refractivity (Wildman–Crippen MR) is 115 cm³/mol. The topological polar surface area (TPSA) is 66.5 Å². The fourth-order valence-electron chi connectivity index (χ4n) is 3.52. The average molecular weight is 403 g/mol. The average Bonchev–Trinajstić information content (AvgIpc) is 2.64. The van der Waals surface area contributed by atoms with Crippen LogP contribution in [0.1, 0.15) is 49.4 Å². The van der Waals surface area contributed by atoms with Gasteiger partial charge in [-0.2, -0.15) is 0 Å². The molecule has 0 aliphatic rings. The van der Waals surface area contributed by atoms with Gasteiger partial charge in [-0.3, -0.25) is 9.10 Å². The molecule has 0 saturated heterocycles. The van der Waals surface area contributed by atoms with E-state index in [-0.39, 0.29) is 11.9 Å². The Balaban J connectivity index is 2.34. The van der Waals surface area contributed by atoms with Gasteiger partial charge in [0.25, 0.3) is 0 Å². The normalized spacial score (nSPS) is 13.6. The van der Waals surface area contributed by atoms with Crippen LogP contribution in [0, 0.1) is 13.8 Å². The third-order valence-corrected chi connectivity index (χ3v) is 6.05. The van der Waals surface area contributed by atoms with Crippen LogP contribution >= 0.6 is 0 Å². The fourth-order valence-corrected chi connectivity index (χ4v) is 4.73. The molecule has 0 aliphatic heterocycles. The number of anilines is 1. The van der Waals surface area contributed by atoms with Crippen molar-refractivity contribution < 1.29 is 13.2 Å². The van der Waals surface area contributed by atoms with Gasteiger partial charge in [-0.05, 0) is 49.9 Å². The summed E-state index contributed by atoms with van der Waals surface area (Å²) in [6.07, 6.45) is 2.23. The van der Waals surface area contributed by atoms with Gasteiger partial charge >= 0.3 is 0 Å². The highest BCUT2D eigenvalue weighted by Crippen LogP contribution is 2.25. The second kappa shape index (κ2) is 9.24. The standard InChI is InChI=1S/C22H30N2O3S/c1-6-20(19-14-13-16(3)15-17(19)4)23-22(25)21(7-2)24(28(5,26)27)18-11-9-8-10-12-18/h8-15,20-21H,6-7H2,1-5H3,(H,23,25)/t20-,21-/m0/s1. The van der Waals surface area contributed by atoms with Gasteiger partial charge in [0, 0.05) is 0 Å². The molecule has 28 heavy (non-hydrogen) atoms. The van der Waals surface area contributed by atoms with Gasteiger partial charge in [-0.25, -0.2) is 8.42 Å². The lowest BCUT2D eigenvalue weighted by Gasteiger charge is -2.31. The predicted octanol–water partition coefficient (Wildman–Crippen LogP) is 4.12. The highest BCUT2D eigenvalue weighted by Gasteiger charge is 2.32. The molecule has 1 amide bonds. The summed E-state index contributed by atoms with van der Waals surface area (Å²) in [6.45, 7) is 7.90. The zero-order valence-electron chi connectivity index (χ0n) is 17.3. The number of carbonyl (C=O) groups is 1. The largest absolute Gasteiger partial charge is 0.347 e. The van der Waals surface area contributed by atoms with E-state index in [0.717, 1.165) is 23.8 Å². The van der Waals surface area contributed by atoms with Crippen LogP contribution in [0.25, 0.3) is 0 Å². The lowest BCUT2D eigenvalue weighted by Crippen LogP contribution is -2.50. The molecule has 1 N–H and O–H groups in total. The maximum atomic E-state index is 13.1. The summed E-state index contributed by atoms with van der Waals surface area (Å²) < 4.78 is 26.2. The first-order valence-electron chi connectivity index (χ1n) is 9.61. The van der Waals surface area contributed by atoms with E-state index in [2.05, 4.69) is 11.4 Å². The molecule has 152 valence electrons. The molecule has 0 aromatic heterocycles. The summed E-state index contributed by atoms with van der Waals surface area (Å²) in [5.41, 5.74) is 3.83. The van der Waals surface area contributed by atoms with Crippen molar-refractivity contribution in [1.82, 2.24) is 5.32 Å². The summed E-state index contributed by atoms with van der Waals surface area (Å²) in [5.74, 6) is -0.288. The van der Waals surface area contributed by atoms with Crippen LogP contribution in [0.3, 0.4) is 0 Å². The summed E-state index contributed by atoms with van der Waals surface area (Å²) in [4.78, 5) is 13.1. The Hall–Kier alpha value is -2.34. The minimum atomic E-state index is -3.62. The summed E-state index contributed by atoms with van der Waals surface area (Å²) in [5, 5.41) is 3.07. The Morgan fingerprint density at radius 1 is 1.04 bits per heavy atom. The molecule has 0 heterocycles. The number of para-hydroxylation sites is 1. The van der Waals surface area contributed by atoms with E-state index in [1.54, 1.807) is 24.3 Å². The first-order chi connectivity index (χ1) is 13.2. The molecule has 2 aromatic carbocycles. The molecule has 0 fully saturated rings. The molecule has 0 bridgehead atoms. The molecular weight excluding hydrogens is 372 g/mol. The molecule has 0 radical (unpaired) electrons. The van der Waals surface area contributed by atoms with Gasteiger partial charge in [0.05, 0.1) is 18.0 Å². The molecule has 6 heteroatoms. The van der Waals surface area contributed by atoms with Crippen LogP contribution in [0.15, 0.2) is 48.5 Å². The van der Waals surface area contributed by atoms with Crippen LogP contribution in [-0.2, 0) is 14.8 Å². The summed E-state index contributed by atoms with van der Waals surface area (Å²) in [6, 6.07) is 13.9. The van der Waals surface area contributed by atoms with Crippen molar-refractivity contribution in [2.75, 3.05) is 10.6 Å². The minimum Gasteiger partial charge on any atom is -0.347 e. The first-order valence-corrected chi connectivity index (χ1v) is 11.5. The van der Waals surface area contributed by atoms with E-state index in [1.165, 1.54) is 9.87 Å². The van der Waals surface area contributed by atoms with Crippen molar-refractivity contribution in [1.29, 1.82) is 0 Å². The van der Waals surface area contributed by atoms with Gasteiger partial charge in [0.2, 0.25) is 15.9 Å². The van der Waals surface area contributed by atoms with E-state index in [9.17, 15) is 13.2 Å². The van der Waals surface area contributed by atoms with Gasteiger partial charge < -0.3 is 5.32 Å². The maximum absolute atomic E-state index is 13.1. The zero-order chi connectivity index (χ0) is 20.9. The second-order valence-corrected chi connectivity index (χ2v) is 9.01. The summed E-state index contributed by atoms with van der Waals surface area (Å²) in [7, 11) is -3.62. The van der Waals surface area contributed by atoms with E-state index in [0.29, 0.717) is 12.1 Å². The van der Waals surface area contributed by atoms with Crippen molar-refractivity contribution in [3.05, 3.63) is 65.2 Å². The smallest absolute Gasteiger partial charge is 0.244 e. The van der Waals surface area contributed by atoms with Gasteiger partial charge in [0.15, 0.2) is 0 Å². The molecule has 0 saturated carbocycles. The first kappa shape index (κ1) is 22.0. The lowest BCUT2D eigenvalue weighted by molar-refractivity contribution is -0.123. The highest BCUT2D eigenvalue weighted by molar-refractivity contribution is 7.92. The van der Waals surface area contributed by atoms with Gasteiger partial charge in [0.1, 0.15) is 6.04 Å². The van der Waals surface area contributed by atoms with Crippen molar-refractivity contribution in [3.8, 4) is 0 Å². The SMILES string of the molecule is CC[C@H](NC(=O)[C@H](CC)N(c1ccccc1)S(C)(=O)=O)c1ccc(C)cc1C. The van der Waals surface area contributed by atoms with Crippen LogP contribution in [0.2, 0.25) is 0 Å². The molecule has 2 rings (SSSR count). The van der Waals surface area contributed by atoms with Crippen molar-refractivity contribution in [3.63, 3.8) is 0 Å². The molecule has 0 spiro atoms. The molecular formula is C22H30N2O3S. The van der Waals surface area contributed by atoms with Crippen LogP contribution < -0.4 is 9.62 Å². The Morgan fingerprint density at radius 2 is 1.68 bits per heavy atom. The number of amides is 1. The third-order valence-electron chi connectivity index (χ3n) is 4.87. The number of hydrogen-bond acceptors (Lipinski definition) is 3. The fraction of sp³-hybridized carbons (Fsp3) is 0.409. The number of rotatable bonds is 8. The van der Waals surface area contributed by atoms with Gasteiger partial charge in [-0.15, -0.1) is 0 Å². The third kappa shape index (κ3) is 5.13. The van der Waals surface area contributed by atoms with E-state index >= 15 is 0 Å². The van der Waals surface area contributed by atoms with Crippen LogP contribution in [-0.4, -0.2) is 26.6 Å². The quantitative estimate of drug-likeness (QED) is 0.722. The van der Waals surface area contributed by atoms with E-state index in [4.69, 9.17) is 0 Å². The zero-order valence-corrected chi connectivity index (χ0v) is 18.1. The Bertz CT molecular complexity index is 911. The Morgan fingerprint density at radius 3 is 2.18 bits per heavy atom. The Labute approximate surface area is 168 Å². The molecule has 5 nitrogen and oxygen atoms in total. The van der Waals surface area contributed by atoms with Gasteiger partial charge in [-0.1, -0.05) is 55.8 Å². The number of benzene rings is 2. The van der Waals surface area contributed by atoms with Crippen molar-refractivity contribution in [2.24, 2.45) is 0 Å². The van der Waals surface area contributed by atoms with E-state index in [1.807, 2.05) is 45.9 Å². The van der Waals surface area contributed by atoms with Crippen LogP contribution in [0.5, 0.6) is 0 Å². The number of hydrogen-bond donors (Lipinski definition) is 1. The molecule has 2 atom stereocenters. The highest BCUT2D eigenvalue weighted by atomic mass is 32.2. The van der Waals surface area contributed by atoms with Crippen LogP contribution in [0.4, 0.5) is 5.69 Å². The van der Waals surface area contributed by atoms with Crippen molar-refractivity contribution in [2.45, 2.75) is 52.6 Å². The molecule has 2 aromatic rings. The number of nitrogens with one attached hydrogen (secondary N) is 1. The second-order valence-electron chi connectivity index (χ2n) is 7.15. The monoisotopic (exact) mass is 402 g/mol. The lowest BCUT2D eigenvalue weighted by atomic mass is 9.97. The Kier molecular flexibility index (Phi) is 7.24. The maximum Gasteiger partial charge on any atom is 0.244 e. The van der Waals surface area contributed by atoms with E-state index < -0.39 is 16.1 Å². The minimum absolute atomic E-state index is 0.167. The number of aryl methyl sites for hydroxylation is 2. The molecule has 0 aliphatic carbocycles. The number of nitrogens with zero attached hydrogens (tertiary/aromatic N) is 1. The molecule has 0 unspecified atom stereocenters. The summed E-state index contributed by atoms with van der Waals surface area (Å²) >= 11 is 0. The van der Waals surface area contributed by atoms with Crippen molar-refractivity contribution >= 4 is 21.6 Å². The number of carbonyl (C=O) groups excluding carboxylic acids is 1.